The molecule has 0 unspecified atom stereocenters. The fourth-order valence-electron chi connectivity index (χ4n) is 4.53. The van der Waals surface area contributed by atoms with E-state index in [4.69, 9.17) is 5.11 Å². The summed E-state index contributed by atoms with van der Waals surface area (Å²) in [5, 5.41) is 11.9. The van der Waals surface area contributed by atoms with Crippen molar-refractivity contribution in [2.75, 3.05) is 44.6 Å². The largest absolute Gasteiger partial charge is 0.395 e. The summed E-state index contributed by atoms with van der Waals surface area (Å²) in [5.41, 5.74) is 1.33. The standard InChI is InChI=1S/C21H28N4O4/c26-13-12-23-8-10-24(11-9-23)21(29)22-15-6-7-17-18(14-15)20(28)25(19(17)27)16-4-2-1-3-5-16/h6-7,14,16,26H,1-5,8-13H2,(H,22,29). The van der Waals surface area contributed by atoms with Gasteiger partial charge in [0.05, 0.1) is 17.7 Å². The molecule has 3 aliphatic rings. The van der Waals surface area contributed by atoms with Crippen LogP contribution in [0.5, 0.6) is 0 Å². The Kier molecular flexibility index (Phi) is 5.82. The number of anilines is 1. The molecule has 0 aromatic heterocycles. The molecule has 0 spiro atoms. The summed E-state index contributed by atoms with van der Waals surface area (Å²) in [4.78, 5) is 43.5. The van der Waals surface area contributed by atoms with E-state index in [1.807, 2.05) is 0 Å². The fourth-order valence-corrected chi connectivity index (χ4v) is 4.53. The van der Waals surface area contributed by atoms with Gasteiger partial charge in [0.25, 0.3) is 11.8 Å². The number of amides is 4. The third-order valence-electron chi connectivity index (χ3n) is 6.18. The molecule has 2 heterocycles. The molecule has 2 fully saturated rings. The van der Waals surface area contributed by atoms with Crippen molar-refractivity contribution in [3.63, 3.8) is 0 Å². The number of rotatable bonds is 4. The van der Waals surface area contributed by atoms with Gasteiger partial charge in [0.2, 0.25) is 0 Å². The number of nitrogens with one attached hydrogen (secondary N) is 1. The Balaban J connectivity index is 1.42. The van der Waals surface area contributed by atoms with Gasteiger partial charge >= 0.3 is 6.03 Å². The molecule has 2 N–H and O–H groups in total. The zero-order valence-electron chi connectivity index (χ0n) is 16.6. The summed E-state index contributed by atoms with van der Waals surface area (Å²) in [7, 11) is 0. The number of piperazine rings is 1. The monoisotopic (exact) mass is 400 g/mol. The average molecular weight is 400 g/mol. The van der Waals surface area contributed by atoms with E-state index < -0.39 is 0 Å². The number of urea groups is 1. The van der Waals surface area contributed by atoms with Gasteiger partial charge in [-0.3, -0.25) is 19.4 Å². The Labute approximate surface area is 170 Å². The molecule has 8 heteroatoms. The first-order chi connectivity index (χ1) is 14.1. The van der Waals surface area contributed by atoms with E-state index >= 15 is 0 Å². The van der Waals surface area contributed by atoms with Gasteiger partial charge in [-0.05, 0) is 31.0 Å². The van der Waals surface area contributed by atoms with Crippen LogP contribution in [-0.4, -0.2) is 83.0 Å². The highest BCUT2D eigenvalue weighted by Gasteiger charge is 2.40. The lowest BCUT2D eigenvalue weighted by atomic mass is 9.94. The maximum atomic E-state index is 12.9. The lowest BCUT2D eigenvalue weighted by Crippen LogP contribution is -2.50. The number of hydrogen-bond donors (Lipinski definition) is 2. The van der Waals surface area contributed by atoms with Crippen LogP contribution in [0.1, 0.15) is 52.8 Å². The first-order valence-corrected chi connectivity index (χ1v) is 10.5. The Morgan fingerprint density at radius 2 is 1.69 bits per heavy atom. The van der Waals surface area contributed by atoms with Gasteiger partial charge in [0.1, 0.15) is 0 Å². The van der Waals surface area contributed by atoms with Crippen molar-refractivity contribution >= 4 is 23.5 Å². The number of hydrogen-bond acceptors (Lipinski definition) is 5. The maximum absolute atomic E-state index is 12.9. The van der Waals surface area contributed by atoms with Gasteiger partial charge < -0.3 is 15.3 Å². The van der Waals surface area contributed by atoms with Crippen LogP contribution in [0.2, 0.25) is 0 Å². The number of nitrogens with zero attached hydrogens (tertiary/aromatic N) is 3. The third kappa shape index (κ3) is 4.00. The van der Waals surface area contributed by atoms with Crippen LogP contribution in [0.3, 0.4) is 0 Å². The van der Waals surface area contributed by atoms with Crippen LogP contribution in [-0.2, 0) is 0 Å². The number of imide groups is 1. The number of carbonyl (C=O) groups is 3. The zero-order valence-corrected chi connectivity index (χ0v) is 16.6. The average Bonchev–Trinajstić information content (AvgIpc) is 2.99. The first kappa shape index (κ1) is 19.8. The second-order valence-corrected chi connectivity index (χ2v) is 8.01. The molecule has 4 amide bonds. The number of fused-ring (bicyclic) bond motifs is 1. The molecule has 4 rings (SSSR count). The molecule has 8 nitrogen and oxygen atoms in total. The van der Waals surface area contributed by atoms with Gasteiger partial charge in [-0.25, -0.2) is 4.79 Å². The van der Waals surface area contributed by atoms with Crippen molar-refractivity contribution in [3.05, 3.63) is 29.3 Å². The highest BCUT2D eigenvalue weighted by Crippen LogP contribution is 2.32. The van der Waals surface area contributed by atoms with Gasteiger partial charge in [-0.1, -0.05) is 19.3 Å². The number of aliphatic hydroxyl groups is 1. The molecule has 0 atom stereocenters. The molecule has 1 aliphatic carbocycles. The minimum atomic E-state index is -0.245. The van der Waals surface area contributed by atoms with Crippen LogP contribution < -0.4 is 5.32 Å². The number of aliphatic hydroxyl groups excluding tert-OH is 1. The Bertz CT molecular complexity index is 798. The minimum Gasteiger partial charge on any atom is -0.395 e. The van der Waals surface area contributed by atoms with E-state index in [0.717, 1.165) is 45.2 Å². The van der Waals surface area contributed by atoms with E-state index in [2.05, 4.69) is 10.2 Å². The van der Waals surface area contributed by atoms with Gasteiger partial charge in [0, 0.05) is 44.5 Å². The minimum absolute atomic E-state index is 0.00981. The molecule has 1 saturated carbocycles. The van der Waals surface area contributed by atoms with Crippen LogP contribution in [0.4, 0.5) is 10.5 Å². The summed E-state index contributed by atoms with van der Waals surface area (Å²) < 4.78 is 0. The van der Waals surface area contributed by atoms with Gasteiger partial charge in [-0.15, -0.1) is 0 Å². The highest BCUT2D eigenvalue weighted by molar-refractivity contribution is 6.22. The van der Waals surface area contributed by atoms with Crippen LogP contribution in [0, 0.1) is 0 Å². The number of carbonyl (C=O) groups excluding carboxylic acids is 3. The van der Waals surface area contributed by atoms with Crippen LogP contribution in [0.25, 0.3) is 0 Å². The number of benzene rings is 1. The van der Waals surface area contributed by atoms with Gasteiger partial charge in [0.15, 0.2) is 0 Å². The topological polar surface area (TPSA) is 93.2 Å². The Morgan fingerprint density at radius 1 is 1.00 bits per heavy atom. The Morgan fingerprint density at radius 3 is 2.38 bits per heavy atom. The summed E-state index contributed by atoms with van der Waals surface area (Å²) >= 11 is 0. The van der Waals surface area contributed by atoms with E-state index in [9.17, 15) is 14.4 Å². The summed E-state index contributed by atoms with van der Waals surface area (Å²) in [6, 6.07) is 4.73. The summed E-state index contributed by atoms with van der Waals surface area (Å²) in [6.45, 7) is 3.36. The third-order valence-corrected chi connectivity index (χ3v) is 6.18. The normalized spacial score (nSPS) is 20.9. The quantitative estimate of drug-likeness (QED) is 0.752. The molecule has 1 aromatic carbocycles. The van der Waals surface area contributed by atoms with Crippen molar-refractivity contribution in [1.82, 2.24) is 14.7 Å². The van der Waals surface area contributed by atoms with E-state index in [1.54, 1.807) is 23.1 Å². The van der Waals surface area contributed by atoms with Crippen LogP contribution in [0.15, 0.2) is 18.2 Å². The van der Waals surface area contributed by atoms with Crippen molar-refractivity contribution in [2.45, 2.75) is 38.1 Å². The zero-order chi connectivity index (χ0) is 20.4. The molecule has 0 bridgehead atoms. The lowest BCUT2D eigenvalue weighted by molar-refractivity contribution is 0.0549. The molecule has 1 aromatic rings. The lowest BCUT2D eigenvalue weighted by Gasteiger charge is -2.34. The molecular weight excluding hydrogens is 372 g/mol. The smallest absolute Gasteiger partial charge is 0.321 e. The number of β-amino-alcohol motifs (C(OH)–C–C–N with tert-alkyl or cyclic N) is 1. The Hall–Kier alpha value is -2.45. The van der Waals surface area contributed by atoms with E-state index in [1.165, 1.54) is 4.90 Å². The van der Waals surface area contributed by atoms with Crippen molar-refractivity contribution in [2.24, 2.45) is 0 Å². The van der Waals surface area contributed by atoms with Gasteiger partial charge in [-0.2, -0.15) is 0 Å². The molecular formula is C21H28N4O4. The second kappa shape index (κ2) is 8.51. The summed E-state index contributed by atoms with van der Waals surface area (Å²) in [6.07, 6.45) is 4.99. The van der Waals surface area contributed by atoms with E-state index in [0.29, 0.717) is 36.4 Å². The van der Waals surface area contributed by atoms with E-state index in [-0.39, 0.29) is 30.5 Å². The summed E-state index contributed by atoms with van der Waals surface area (Å²) in [5.74, 6) is -0.458. The van der Waals surface area contributed by atoms with Crippen LogP contribution >= 0.6 is 0 Å². The first-order valence-electron chi connectivity index (χ1n) is 10.5. The second-order valence-electron chi connectivity index (χ2n) is 8.01. The molecule has 0 radical (unpaired) electrons. The predicted octanol–water partition coefficient (Wildman–Crippen LogP) is 1.76. The highest BCUT2D eigenvalue weighted by atomic mass is 16.3. The van der Waals surface area contributed by atoms with Crippen molar-refractivity contribution < 1.29 is 19.5 Å². The van der Waals surface area contributed by atoms with Crippen molar-refractivity contribution in [1.29, 1.82) is 0 Å². The predicted molar refractivity (Wildman–Crippen MR) is 108 cm³/mol. The fraction of sp³-hybridized carbons (Fsp3) is 0.571. The molecule has 156 valence electrons. The molecule has 1 saturated heterocycles. The molecule has 29 heavy (non-hydrogen) atoms. The maximum Gasteiger partial charge on any atom is 0.321 e. The SMILES string of the molecule is O=C(Nc1ccc2c(c1)C(=O)N(C1CCCCC1)C2=O)N1CCN(CCO)CC1. The van der Waals surface area contributed by atoms with Crippen molar-refractivity contribution in [3.8, 4) is 0 Å². The molecule has 2 aliphatic heterocycles.